The molecule has 7 nitrogen and oxygen atoms in total. The van der Waals surface area contributed by atoms with Crippen molar-refractivity contribution < 1.29 is 30.9 Å². The fraction of sp³-hybridized carbons (Fsp3) is 0.409. The number of imidazole rings is 1. The Kier molecular flexibility index (Phi) is 5.72. The largest absolute Gasteiger partial charge is 0.417 e. The van der Waals surface area contributed by atoms with E-state index >= 15 is 0 Å². The molecule has 1 N–H and O–H groups in total. The molecule has 1 saturated heterocycles. The zero-order valence-corrected chi connectivity index (χ0v) is 18.2. The van der Waals surface area contributed by atoms with Crippen molar-refractivity contribution >= 4 is 12.2 Å². The highest BCUT2D eigenvalue weighted by atomic mass is 19.4. The summed E-state index contributed by atoms with van der Waals surface area (Å²) in [6.45, 7) is 2.33. The Labute approximate surface area is 195 Å². The first-order chi connectivity index (χ1) is 16.6. The second kappa shape index (κ2) is 8.61. The van der Waals surface area contributed by atoms with Crippen LogP contribution in [0.2, 0.25) is 0 Å². The number of fused-ring (bicyclic) bond motifs is 1. The van der Waals surface area contributed by atoms with Crippen LogP contribution in [0.1, 0.15) is 47.5 Å². The molecule has 2 aliphatic heterocycles. The summed E-state index contributed by atoms with van der Waals surface area (Å²) >= 11 is 0. The quantitative estimate of drug-likeness (QED) is 0.485. The number of alkyl halides is 6. The average molecular weight is 498 g/mol. The van der Waals surface area contributed by atoms with Crippen LogP contribution in [0.5, 0.6) is 0 Å². The molecule has 13 heteroatoms. The number of H-pyrrole nitrogens is 1. The van der Waals surface area contributed by atoms with Crippen molar-refractivity contribution in [2.45, 2.75) is 44.7 Å². The van der Waals surface area contributed by atoms with Crippen LogP contribution < -0.4 is 4.90 Å². The molecule has 2 aromatic heterocycles. The van der Waals surface area contributed by atoms with Crippen molar-refractivity contribution in [1.82, 2.24) is 20.1 Å². The van der Waals surface area contributed by atoms with Crippen LogP contribution in [-0.2, 0) is 25.4 Å². The number of rotatable bonds is 4. The monoisotopic (exact) mass is 498 g/mol. The first-order valence-electron chi connectivity index (χ1n) is 10.9. The lowest BCUT2D eigenvalue weighted by atomic mass is 10.0. The van der Waals surface area contributed by atoms with Crippen molar-refractivity contribution in [2.75, 3.05) is 18.0 Å². The van der Waals surface area contributed by atoms with Crippen LogP contribution in [0.4, 0.5) is 32.3 Å². The number of hydrazone groups is 1. The van der Waals surface area contributed by atoms with Gasteiger partial charge < -0.3 is 14.4 Å². The third-order valence-electron chi connectivity index (χ3n) is 5.96. The van der Waals surface area contributed by atoms with Gasteiger partial charge in [-0.1, -0.05) is 11.2 Å². The van der Waals surface area contributed by atoms with Crippen LogP contribution in [0.15, 0.2) is 33.9 Å². The molecular formula is C22H20F6N6O. The lowest BCUT2D eigenvalue weighted by Gasteiger charge is -2.26. The van der Waals surface area contributed by atoms with Gasteiger partial charge in [0, 0.05) is 24.7 Å². The Morgan fingerprint density at radius 2 is 1.74 bits per heavy atom. The van der Waals surface area contributed by atoms with Gasteiger partial charge in [-0.15, -0.1) is 0 Å². The van der Waals surface area contributed by atoms with E-state index in [0.717, 1.165) is 49.3 Å². The first kappa shape index (κ1) is 23.2. The van der Waals surface area contributed by atoms with Crippen molar-refractivity contribution in [3.63, 3.8) is 0 Å². The fourth-order valence-corrected chi connectivity index (χ4v) is 4.22. The zero-order valence-electron chi connectivity index (χ0n) is 18.2. The third kappa shape index (κ3) is 4.84. The maximum atomic E-state index is 13.5. The van der Waals surface area contributed by atoms with Gasteiger partial charge >= 0.3 is 12.4 Å². The maximum Gasteiger partial charge on any atom is 0.417 e. The molecule has 1 aromatic carbocycles. The van der Waals surface area contributed by atoms with Crippen molar-refractivity contribution in [1.29, 1.82) is 0 Å². The average Bonchev–Trinajstić information content (AvgIpc) is 3.45. The first-order valence-corrected chi connectivity index (χ1v) is 10.9. The Hall–Kier alpha value is -3.51. The Morgan fingerprint density at radius 3 is 2.46 bits per heavy atom. The van der Waals surface area contributed by atoms with Gasteiger partial charge in [0.25, 0.3) is 0 Å². The number of anilines is 1. The molecule has 0 saturated carbocycles. The molecule has 0 radical (unpaired) electrons. The molecule has 0 amide bonds. The van der Waals surface area contributed by atoms with E-state index < -0.39 is 29.0 Å². The number of halogens is 6. The van der Waals surface area contributed by atoms with Gasteiger partial charge in [-0.3, -0.25) is 5.01 Å². The number of aromatic amines is 1. The second-order valence-electron chi connectivity index (χ2n) is 8.47. The molecule has 0 atom stereocenters. The molecule has 0 unspecified atom stereocenters. The Bertz CT molecular complexity index is 1240. The molecule has 3 aromatic rings. The van der Waals surface area contributed by atoms with Gasteiger partial charge in [-0.2, -0.15) is 31.4 Å². The second-order valence-corrected chi connectivity index (χ2v) is 8.47. The Morgan fingerprint density at radius 1 is 0.971 bits per heavy atom. The number of nitrogens with zero attached hydrogens (tertiary/aromatic N) is 5. The minimum absolute atomic E-state index is 0.0817. The minimum Gasteiger partial charge on any atom is -0.359 e. The van der Waals surface area contributed by atoms with E-state index in [9.17, 15) is 26.3 Å². The minimum atomic E-state index is -5.00. The van der Waals surface area contributed by atoms with Crippen molar-refractivity contribution in [2.24, 2.45) is 5.10 Å². The number of benzene rings is 1. The standard InChI is InChI=1S/C22H20F6N6O/c23-21(24,25)13-4-5-15(16(8-13)22(26,27)28)17-9-14(35-32-17)11-34-12-19-18(10-29-34)30-20(31-19)33-6-2-1-3-7-33/h4-5,8-10H,1-3,6-7,11-12H2,(H,30,31). The highest BCUT2D eigenvalue weighted by molar-refractivity contribution is 5.80. The summed E-state index contributed by atoms with van der Waals surface area (Å²) in [5.41, 5.74) is -1.96. The van der Waals surface area contributed by atoms with Crippen molar-refractivity contribution in [3.05, 3.63) is 52.5 Å². The molecule has 35 heavy (non-hydrogen) atoms. The van der Waals surface area contributed by atoms with E-state index in [2.05, 4.69) is 25.1 Å². The maximum absolute atomic E-state index is 13.5. The summed E-state index contributed by atoms with van der Waals surface area (Å²) in [6.07, 6.45) is -4.90. The molecule has 0 aliphatic carbocycles. The van der Waals surface area contributed by atoms with Crippen LogP contribution in [0, 0.1) is 0 Å². The smallest absolute Gasteiger partial charge is 0.359 e. The van der Waals surface area contributed by atoms with Gasteiger partial charge in [0.05, 0.1) is 36.1 Å². The molecular weight excluding hydrogens is 478 g/mol. The van der Waals surface area contributed by atoms with Gasteiger partial charge in [-0.05, 0) is 31.4 Å². The van der Waals surface area contributed by atoms with Crippen LogP contribution in [-0.4, -0.2) is 39.4 Å². The molecule has 186 valence electrons. The van der Waals surface area contributed by atoms with Crippen LogP contribution in [0.25, 0.3) is 11.3 Å². The summed E-state index contributed by atoms with van der Waals surface area (Å²) in [4.78, 5) is 10.1. The summed E-state index contributed by atoms with van der Waals surface area (Å²) in [6, 6.07) is 2.70. The zero-order chi connectivity index (χ0) is 24.8. The van der Waals surface area contributed by atoms with E-state index in [-0.39, 0.29) is 24.1 Å². The van der Waals surface area contributed by atoms with E-state index in [1.807, 2.05) is 0 Å². The third-order valence-corrected chi connectivity index (χ3v) is 5.96. The van der Waals surface area contributed by atoms with E-state index in [1.54, 1.807) is 11.2 Å². The van der Waals surface area contributed by atoms with E-state index in [4.69, 9.17) is 4.52 Å². The predicted molar refractivity (Wildman–Crippen MR) is 113 cm³/mol. The summed E-state index contributed by atoms with van der Waals surface area (Å²) in [7, 11) is 0. The number of nitrogens with one attached hydrogen (secondary N) is 1. The fourth-order valence-electron chi connectivity index (χ4n) is 4.22. The van der Waals surface area contributed by atoms with Crippen LogP contribution >= 0.6 is 0 Å². The lowest BCUT2D eigenvalue weighted by Crippen LogP contribution is -2.30. The van der Waals surface area contributed by atoms with Crippen molar-refractivity contribution in [3.8, 4) is 11.3 Å². The highest BCUT2D eigenvalue weighted by Gasteiger charge is 2.39. The van der Waals surface area contributed by atoms with E-state index in [0.29, 0.717) is 12.6 Å². The number of piperidine rings is 1. The van der Waals surface area contributed by atoms with Gasteiger partial charge in [0.2, 0.25) is 5.95 Å². The van der Waals surface area contributed by atoms with Gasteiger partial charge in [-0.25, -0.2) is 4.98 Å². The number of hydrogen-bond acceptors (Lipinski definition) is 6. The molecule has 5 rings (SSSR count). The van der Waals surface area contributed by atoms with Gasteiger partial charge in [0.15, 0.2) is 5.76 Å². The number of aromatic nitrogens is 3. The molecule has 2 aliphatic rings. The molecule has 0 bridgehead atoms. The lowest BCUT2D eigenvalue weighted by molar-refractivity contribution is -0.142. The Balaban J connectivity index is 1.33. The normalized spacial score (nSPS) is 16.6. The molecule has 4 heterocycles. The molecule has 1 fully saturated rings. The highest BCUT2D eigenvalue weighted by Crippen LogP contribution is 2.40. The topological polar surface area (TPSA) is 73.6 Å². The molecule has 0 spiro atoms. The summed E-state index contributed by atoms with van der Waals surface area (Å²) in [5.74, 6) is 0.997. The van der Waals surface area contributed by atoms with E-state index in [1.165, 1.54) is 12.5 Å². The SMILES string of the molecule is FC(F)(F)c1ccc(-c2cc(CN3Cc4[nH]c(N5CCCCC5)nc4C=N3)on2)c(C(F)(F)F)c1. The summed E-state index contributed by atoms with van der Waals surface area (Å²) in [5, 5.41) is 9.61. The number of hydrogen-bond donors (Lipinski definition) is 1. The van der Waals surface area contributed by atoms with Gasteiger partial charge in [0.1, 0.15) is 11.4 Å². The predicted octanol–water partition coefficient (Wildman–Crippen LogP) is 5.44. The summed E-state index contributed by atoms with van der Waals surface area (Å²) < 4.78 is 84.5. The van der Waals surface area contributed by atoms with Crippen LogP contribution in [0.3, 0.4) is 0 Å².